The summed E-state index contributed by atoms with van der Waals surface area (Å²) in [5.74, 6) is -0.306. The summed E-state index contributed by atoms with van der Waals surface area (Å²) >= 11 is 7.54. The van der Waals surface area contributed by atoms with Crippen LogP contribution < -0.4 is 5.32 Å². The molecule has 2 heterocycles. The Labute approximate surface area is 148 Å². The first kappa shape index (κ1) is 16.6. The molecule has 0 radical (unpaired) electrons. The molecule has 2 N–H and O–H groups in total. The molecule has 0 atom stereocenters. The number of unbranched alkanes of at least 4 members (excludes halogenated alkanes) is 1. The minimum Gasteiger partial charge on any atom is -0.295 e. The van der Waals surface area contributed by atoms with Crippen molar-refractivity contribution in [1.29, 1.82) is 0 Å². The smallest absolute Gasteiger partial charge is 0.275 e. The second-order valence-electron chi connectivity index (χ2n) is 5.21. The van der Waals surface area contributed by atoms with Gasteiger partial charge in [0.2, 0.25) is 5.13 Å². The maximum absolute atomic E-state index is 12.3. The predicted molar refractivity (Wildman–Crippen MR) is 95.5 cm³/mol. The zero-order valence-electron chi connectivity index (χ0n) is 13.0. The van der Waals surface area contributed by atoms with Crippen molar-refractivity contribution in [2.45, 2.75) is 26.2 Å². The zero-order chi connectivity index (χ0) is 16.9. The Balaban J connectivity index is 1.70. The van der Waals surface area contributed by atoms with E-state index >= 15 is 0 Å². The van der Waals surface area contributed by atoms with Crippen molar-refractivity contribution in [2.75, 3.05) is 5.32 Å². The fourth-order valence-electron chi connectivity index (χ4n) is 2.14. The lowest BCUT2D eigenvalue weighted by Gasteiger charge is -1.98. The van der Waals surface area contributed by atoms with Gasteiger partial charge in [0.05, 0.1) is 10.7 Å². The number of amides is 1. The van der Waals surface area contributed by atoms with E-state index in [0.717, 1.165) is 29.8 Å². The van der Waals surface area contributed by atoms with Crippen molar-refractivity contribution in [3.8, 4) is 11.3 Å². The number of nitrogens with one attached hydrogen (secondary N) is 2. The molecule has 0 spiro atoms. The molecule has 0 aliphatic heterocycles. The maximum Gasteiger partial charge on any atom is 0.275 e. The summed E-state index contributed by atoms with van der Waals surface area (Å²) < 4.78 is 0. The van der Waals surface area contributed by atoms with Crippen LogP contribution in [-0.2, 0) is 6.42 Å². The number of carbonyl (C=O) groups excluding carboxylic acids is 1. The Morgan fingerprint density at radius 2 is 2.17 bits per heavy atom. The Morgan fingerprint density at radius 3 is 2.96 bits per heavy atom. The molecule has 0 aliphatic carbocycles. The number of halogens is 1. The van der Waals surface area contributed by atoms with E-state index in [0.29, 0.717) is 21.5 Å². The summed E-state index contributed by atoms with van der Waals surface area (Å²) in [6.45, 7) is 2.12. The van der Waals surface area contributed by atoms with E-state index in [1.165, 1.54) is 11.3 Å². The third-order valence-electron chi connectivity index (χ3n) is 3.40. The Hall–Kier alpha value is -2.25. The van der Waals surface area contributed by atoms with E-state index in [1.807, 2.05) is 18.2 Å². The van der Waals surface area contributed by atoms with Crippen molar-refractivity contribution >= 4 is 34.0 Å². The molecule has 3 rings (SSSR count). The molecule has 0 fully saturated rings. The molecule has 6 nitrogen and oxygen atoms in total. The molecule has 0 saturated heterocycles. The number of rotatable bonds is 6. The first-order valence-electron chi connectivity index (χ1n) is 7.61. The van der Waals surface area contributed by atoms with Crippen LogP contribution in [-0.4, -0.2) is 26.3 Å². The van der Waals surface area contributed by atoms with Gasteiger partial charge in [0.15, 0.2) is 0 Å². The van der Waals surface area contributed by atoms with Crippen molar-refractivity contribution in [3.05, 3.63) is 46.1 Å². The number of aromatic amines is 1. The van der Waals surface area contributed by atoms with Crippen LogP contribution in [0, 0.1) is 0 Å². The summed E-state index contributed by atoms with van der Waals surface area (Å²) in [6.07, 6.45) is 3.04. The number of hydrogen-bond acceptors (Lipinski definition) is 5. The highest BCUT2D eigenvalue weighted by Crippen LogP contribution is 2.26. The molecule has 24 heavy (non-hydrogen) atoms. The van der Waals surface area contributed by atoms with Crippen LogP contribution in [0.1, 0.15) is 35.3 Å². The summed E-state index contributed by atoms with van der Waals surface area (Å²) in [6, 6.07) is 9.01. The van der Waals surface area contributed by atoms with Crippen LogP contribution in [0.4, 0.5) is 5.13 Å². The molecule has 0 aliphatic rings. The van der Waals surface area contributed by atoms with Crippen LogP contribution in [0.5, 0.6) is 0 Å². The largest absolute Gasteiger partial charge is 0.295 e. The van der Waals surface area contributed by atoms with Gasteiger partial charge >= 0.3 is 0 Å². The Morgan fingerprint density at radius 1 is 1.33 bits per heavy atom. The minimum absolute atomic E-state index is 0.306. The SMILES string of the molecule is CCCCc1nnc(NC(=O)c2cc(-c3ccccc3Cl)n[nH]2)s1. The van der Waals surface area contributed by atoms with E-state index in [2.05, 4.69) is 32.6 Å². The van der Waals surface area contributed by atoms with E-state index in [9.17, 15) is 4.79 Å². The molecule has 1 aromatic carbocycles. The number of H-pyrrole nitrogens is 1. The van der Waals surface area contributed by atoms with Gasteiger partial charge in [-0.2, -0.15) is 5.10 Å². The quantitative estimate of drug-likeness (QED) is 0.690. The lowest BCUT2D eigenvalue weighted by molar-refractivity contribution is 0.102. The monoisotopic (exact) mass is 361 g/mol. The summed E-state index contributed by atoms with van der Waals surface area (Å²) in [4.78, 5) is 12.3. The van der Waals surface area contributed by atoms with Gasteiger partial charge in [-0.1, -0.05) is 54.5 Å². The highest BCUT2D eigenvalue weighted by atomic mass is 35.5. The first-order valence-corrected chi connectivity index (χ1v) is 8.81. The summed E-state index contributed by atoms with van der Waals surface area (Å²) in [5, 5.41) is 19.7. The molecule has 8 heteroatoms. The molecule has 3 aromatic rings. The van der Waals surface area contributed by atoms with Crippen LogP contribution in [0.2, 0.25) is 5.02 Å². The van der Waals surface area contributed by atoms with Crippen LogP contribution >= 0.6 is 22.9 Å². The number of aromatic nitrogens is 4. The Kier molecular flexibility index (Phi) is 5.22. The molecule has 0 saturated carbocycles. The van der Waals surface area contributed by atoms with Crippen molar-refractivity contribution in [3.63, 3.8) is 0 Å². The maximum atomic E-state index is 12.3. The van der Waals surface area contributed by atoms with Crippen LogP contribution in [0.15, 0.2) is 30.3 Å². The van der Waals surface area contributed by atoms with Gasteiger partial charge in [-0.05, 0) is 18.6 Å². The molecular weight excluding hydrogens is 346 g/mol. The van der Waals surface area contributed by atoms with Crippen LogP contribution in [0.25, 0.3) is 11.3 Å². The summed E-state index contributed by atoms with van der Waals surface area (Å²) in [7, 11) is 0. The van der Waals surface area contributed by atoms with Gasteiger partial charge in [0.25, 0.3) is 5.91 Å². The molecule has 0 unspecified atom stereocenters. The summed E-state index contributed by atoms with van der Waals surface area (Å²) in [5.41, 5.74) is 1.73. The topological polar surface area (TPSA) is 83.6 Å². The molecule has 0 bridgehead atoms. The standard InChI is InChI=1S/C16H16ClN5OS/c1-2-3-8-14-21-22-16(24-14)18-15(23)13-9-12(19-20-13)10-6-4-5-7-11(10)17/h4-7,9H,2-3,8H2,1H3,(H,19,20)(H,18,22,23). The zero-order valence-corrected chi connectivity index (χ0v) is 14.6. The second kappa shape index (κ2) is 7.55. The van der Waals surface area contributed by atoms with Crippen molar-refractivity contribution in [1.82, 2.24) is 20.4 Å². The van der Waals surface area contributed by atoms with Crippen LogP contribution in [0.3, 0.4) is 0 Å². The lowest BCUT2D eigenvalue weighted by atomic mass is 10.1. The molecule has 1 amide bonds. The number of carbonyl (C=O) groups is 1. The third-order valence-corrected chi connectivity index (χ3v) is 4.63. The number of hydrogen-bond donors (Lipinski definition) is 2. The van der Waals surface area contributed by atoms with Crippen molar-refractivity contribution in [2.24, 2.45) is 0 Å². The molecular formula is C16H16ClN5OS. The van der Waals surface area contributed by atoms with E-state index in [-0.39, 0.29) is 5.91 Å². The number of nitrogens with zero attached hydrogens (tertiary/aromatic N) is 3. The minimum atomic E-state index is -0.306. The van der Waals surface area contributed by atoms with E-state index < -0.39 is 0 Å². The fraction of sp³-hybridized carbons (Fsp3) is 0.250. The van der Waals surface area contributed by atoms with E-state index in [4.69, 9.17) is 11.6 Å². The van der Waals surface area contributed by atoms with Gasteiger partial charge in [-0.15, -0.1) is 10.2 Å². The number of aryl methyl sites for hydroxylation is 1. The first-order chi connectivity index (χ1) is 11.7. The number of anilines is 1. The highest BCUT2D eigenvalue weighted by Gasteiger charge is 2.14. The fourth-order valence-corrected chi connectivity index (χ4v) is 3.15. The average Bonchev–Trinajstić information content (AvgIpc) is 3.23. The average molecular weight is 362 g/mol. The van der Waals surface area contributed by atoms with Crippen molar-refractivity contribution < 1.29 is 4.79 Å². The van der Waals surface area contributed by atoms with Gasteiger partial charge in [-0.25, -0.2) is 0 Å². The van der Waals surface area contributed by atoms with E-state index in [1.54, 1.807) is 12.1 Å². The molecule has 124 valence electrons. The molecule has 2 aromatic heterocycles. The third kappa shape index (κ3) is 3.80. The lowest BCUT2D eigenvalue weighted by Crippen LogP contribution is -2.12. The van der Waals surface area contributed by atoms with Gasteiger partial charge < -0.3 is 0 Å². The van der Waals surface area contributed by atoms with Gasteiger partial charge in [-0.3, -0.25) is 15.2 Å². The number of benzene rings is 1. The van der Waals surface area contributed by atoms with Gasteiger partial charge in [0.1, 0.15) is 10.7 Å². The normalized spacial score (nSPS) is 10.8. The second-order valence-corrected chi connectivity index (χ2v) is 6.67. The van der Waals surface area contributed by atoms with Gasteiger partial charge in [0, 0.05) is 12.0 Å². The predicted octanol–water partition coefficient (Wildman–Crippen LogP) is 4.18. The highest BCUT2D eigenvalue weighted by molar-refractivity contribution is 7.15. The Bertz CT molecular complexity index is 844.